The second-order valence-electron chi connectivity index (χ2n) is 6.38. The number of fused-ring (bicyclic) bond motifs is 2. The van der Waals surface area contributed by atoms with Gasteiger partial charge < -0.3 is 9.47 Å². The van der Waals surface area contributed by atoms with Crippen molar-refractivity contribution < 1.29 is 18.6 Å². The summed E-state index contributed by atoms with van der Waals surface area (Å²) in [4.78, 5) is 0. The first-order valence-electron chi connectivity index (χ1n) is 7.98. The molecule has 23 heavy (non-hydrogen) atoms. The SMILES string of the molecule is Cc1cccc2c1OC13Oc4c(C)cccc4C=[N+]1CC[N+]3=C2. The van der Waals surface area contributed by atoms with Crippen molar-refractivity contribution >= 4 is 12.4 Å². The summed E-state index contributed by atoms with van der Waals surface area (Å²) in [6, 6.07) is 11.6. The highest BCUT2D eigenvalue weighted by molar-refractivity contribution is 5.83. The summed E-state index contributed by atoms with van der Waals surface area (Å²) >= 11 is 0. The number of hydrogen-bond acceptors (Lipinski definition) is 2. The maximum Gasteiger partial charge on any atom is 0.704 e. The van der Waals surface area contributed by atoms with Gasteiger partial charge in [0.15, 0.2) is 23.9 Å². The summed E-state index contributed by atoms with van der Waals surface area (Å²) in [5.41, 5.74) is 4.46. The fourth-order valence-electron chi connectivity index (χ4n) is 3.64. The highest BCUT2D eigenvalue weighted by atomic mass is 16.7. The molecule has 0 N–H and O–H groups in total. The Morgan fingerprint density at radius 3 is 1.74 bits per heavy atom. The van der Waals surface area contributed by atoms with Crippen molar-refractivity contribution in [3.05, 3.63) is 58.7 Å². The molecular weight excluding hydrogens is 288 g/mol. The minimum atomic E-state index is -0.891. The van der Waals surface area contributed by atoms with Crippen LogP contribution in [0.2, 0.25) is 0 Å². The molecule has 0 unspecified atom stereocenters. The van der Waals surface area contributed by atoms with Crippen LogP contribution in [0.15, 0.2) is 36.4 Å². The van der Waals surface area contributed by atoms with E-state index in [9.17, 15) is 0 Å². The van der Waals surface area contributed by atoms with Gasteiger partial charge in [0, 0.05) is 0 Å². The summed E-state index contributed by atoms with van der Waals surface area (Å²) in [6.45, 7) is 5.89. The van der Waals surface area contributed by atoms with Gasteiger partial charge in [0.1, 0.15) is 0 Å². The zero-order chi connectivity index (χ0) is 15.6. The Bertz CT molecular complexity index is 836. The maximum atomic E-state index is 6.46. The lowest BCUT2D eigenvalue weighted by Gasteiger charge is -2.28. The van der Waals surface area contributed by atoms with E-state index in [1.807, 2.05) is 0 Å². The van der Waals surface area contributed by atoms with Crippen LogP contribution in [-0.4, -0.2) is 40.7 Å². The molecule has 3 heterocycles. The van der Waals surface area contributed by atoms with Crippen LogP contribution in [0, 0.1) is 13.8 Å². The van der Waals surface area contributed by atoms with E-state index in [-0.39, 0.29) is 0 Å². The van der Waals surface area contributed by atoms with Crippen molar-refractivity contribution in [1.29, 1.82) is 0 Å². The Balaban J connectivity index is 1.73. The van der Waals surface area contributed by atoms with E-state index in [4.69, 9.17) is 9.47 Å². The molecule has 0 atom stereocenters. The molecule has 4 nitrogen and oxygen atoms in total. The normalized spacial score (nSPS) is 19.2. The van der Waals surface area contributed by atoms with Crippen LogP contribution in [0.4, 0.5) is 0 Å². The second-order valence-corrected chi connectivity index (χ2v) is 6.38. The highest BCUT2D eigenvalue weighted by Gasteiger charge is 2.68. The quantitative estimate of drug-likeness (QED) is 0.698. The first kappa shape index (κ1) is 12.9. The standard InChI is InChI=1S/C19H18N2O2/c1-13-5-3-7-15-11-20-9-10-21-12-16-8-4-6-14(2)18(16)23-19(20,21)22-17(13)15/h3-8,11-12H,9-10H2,1-2H3/q+2. The van der Waals surface area contributed by atoms with Crippen LogP contribution in [0.5, 0.6) is 11.5 Å². The Labute approximate surface area is 134 Å². The van der Waals surface area contributed by atoms with E-state index in [0.717, 1.165) is 46.8 Å². The molecule has 114 valence electrons. The number of rotatable bonds is 0. The van der Waals surface area contributed by atoms with E-state index in [0.29, 0.717) is 0 Å². The molecule has 5 rings (SSSR count). The zero-order valence-electron chi connectivity index (χ0n) is 13.2. The largest absolute Gasteiger partial charge is 0.704 e. The average molecular weight is 306 g/mol. The fraction of sp³-hybridized carbons (Fsp3) is 0.263. The van der Waals surface area contributed by atoms with Crippen molar-refractivity contribution in [2.75, 3.05) is 13.1 Å². The molecule has 3 aliphatic heterocycles. The van der Waals surface area contributed by atoms with Gasteiger partial charge in [-0.3, -0.25) is 0 Å². The van der Waals surface area contributed by atoms with E-state index in [1.165, 1.54) is 0 Å². The third-order valence-electron chi connectivity index (χ3n) is 4.85. The average Bonchev–Trinajstić information content (AvgIpc) is 2.90. The van der Waals surface area contributed by atoms with E-state index in [2.05, 4.69) is 71.8 Å². The van der Waals surface area contributed by atoms with Crippen LogP contribution < -0.4 is 9.47 Å². The summed E-state index contributed by atoms with van der Waals surface area (Å²) in [7, 11) is 0. The topological polar surface area (TPSA) is 24.5 Å². The number of para-hydroxylation sites is 2. The van der Waals surface area contributed by atoms with E-state index in [1.54, 1.807) is 0 Å². The van der Waals surface area contributed by atoms with Crippen LogP contribution in [-0.2, 0) is 0 Å². The summed E-state index contributed by atoms with van der Waals surface area (Å²) in [5.74, 6) is 1.81. The van der Waals surface area contributed by atoms with E-state index >= 15 is 0 Å². The molecular formula is C19H18N2O2+2. The van der Waals surface area contributed by atoms with Gasteiger partial charge in [-0.25, -0.2) is 0 Å². The minimum absolute atomic E-state index is 0.872. The first-order valence-corrected chi connectivity index (χ1v) is 7.98. The fourth-order valence-corrected chi connectivity index (χ4v) is 3.64. The number of hydrogen-bond donors (Lipinski definition) is 0. The monoisotopic (exact) mass is 306 g/mol. The number of nitrogens with zero attached hydrogens (tertiary/aromatic N) is 2. The summed E-state index contributed by atoms with van der Waals surface area (Å²) in [5, 5.41) is 0. The lowest BCUT2D eigenvalue weighted by atomic mass is 10.1. The molecule has 1 spiro atoms. The first-order chi connectivity index (χ1) is 11.2. The van der Waals surface area contributed by atoms with Crippen LogP contribution in [0.1, 0.15) is 22.3 Å². The lowest BCUT2D eigenvalue weighted by Crippen LogP contribution is -2.59. The molecule has 2 aromatic rings. The molecule has 2 aromatic carbocycles. The van der Waals surface area contributed by atoms with Gasteiger partial charge in [-0.05, 0) is 37.1 Å². The highest BCUT2D eigenvalue weighted by Crippen LogP contribution is 2.38. The molecule has 0 aromatic heterocycles. The lowest BCUT2D eigenvalue weighted by molar-refractivity contribution is -0.855. The second kappa shape index (κ2) is 4.22. The Hall–Kier alpha value is -2.62. The van der Waals surface area contributed by atoms with Gasteiger partial charge >= 0.3 is 6.03 Å². The van der Waals surface area contributed by atoms with Gasteiger partial charge in [-0.2, -0.15) is 0 Å². The van der Waals surface area contributed by atoms with E-state index < -0.39 is 6.03 Å². The molecule has 4 heteroatoms. The van der Waals surface area contributed by atoms with Crippen molar-refractivity contribution in [3.8, 4) is 11.5 Å². The summed E-state index contributed by atoms with van der Waals surface area (Å²) < 4.78 is 17.2. The predicted octanol–water partition coefficient (Wildman–Crippen LogP) is 2.28. The maximum absolute atomic E-state index is 6.46. The minimum Gasteiger partial charge on any atom is -0.340 e. The van der Waals surface area contributed by atoms with Gasteiger partial charge in [-0.1, -0.05) is 33.4 Å². The van der Waals surface area contributed by atoms with Gasteiger partial charge in [0.2, 0.25) is 13.1 Å². The molecule has 0 radical (unpaired) electrons. The molecule has 1 saturated heterocycles. The zero-order valence-corrected chi connectivity index (χ0v) is 13.2. The smallest absolute Gasteiger partial charge is 0.340 e. The molecule has 0 saturated carbocycles. The van der Waals surface area contributed by atoms with Crippen LogP contribution >= 0.6 is 0 Å². The van der Waals surface area contributed by atoms with Gasteiger partial charge in [-0.15, -0.1) is 0 Å². The summed E-state index contributed by atoms with van der Waals surface area (Å²) in [6.07, 6.45) is 4.31. The predicted molar refractivity (Wildman–Crippen MR) is 86.9 cm³/mol. The molecule has 0 amide bonds. The Kier molecular flexibility index (Phi) is 2.36. The number of aryl methyl sites for hydroxylation is 2. The third-order valence-corrected chi connectivity index (χ3v) is 4.85. The van der Waals surface area contributed by atoms with Crippen LogP contribution in [0.25, 0.3) is 0 Å². The molecule has 1 fully saturated rings. The molecule has 0 bridgehead atoms. The van der Waals surface area contributed by atoms with Crippen molar-refractivity contribution in [2.45, 2.75) is 19.9 Å². The Morgan fingerprint density at radius 1 is 0.783 bits per heavy atom. The molecule has 3 aliphatic rings. The van der Waals surface area contributed by atoms with Gasteiger partial charge in [0.25, 0.3) is 0 Å². The number of benzene rings is 2. The Morgan fingerprint density at radius 2 is 1.26 bits per heavy atom. The van der Waals surface area contributed by atoms with Crippen molar-refractivity contribution in [1.82, 2.24) is 0 Å². The van der Waals surface area contributed by atoms with Crippen LogP contribution in [0.3, 0.4) is 0 Å². The molecule has 0 aliphatic carbocycles. The third kappa shape index (κ3) is 1.61. The van der Waals surface area contributed by atoms with Crippen molar-refractivity contribution in [2.24, 2.45) is 0 Å². The van der Waals surface area contributed by atoms with Crippen molar-refractivity contribution in [3.63, 3.8) is 0 Å². The van der Waals surface area contributed by atoms with Gasteiger partial charge in [0.05, 0.1) is 11.1 Å². The number of ether oxygens (including phenoxy) is 2.